The molecule has 0 radical (unpaired) electrons. The van der Waals surface area contributed by atoms with Crippen LogP contribution in [-0.4, -0.2) is 19.2 Å². The zero-order chi connectivity index (χ0) is 15.1. The molecule has 104 valence electrons. The van der Waals surface area contributed by atoms with Gasteiger partial charge in [0.25, 0.3) is 10.1 Å². The maximum absolute atomic E-state index is 10.5. The van der Waals surface area contributed by atoms with Gasteiger partial charge in [-0.1, -0.05) is 17.7 Å². The lowest BCUT2D eigenvalue weighted by Crippen LogP contribution is -2.04. The maximum atomic E-state index is 10.5. The van der Waals surface area contributed by atoms with Crippen molar-refractivity contribution in [3.8, 4) is 6.07 Å². The minimum Gasteiger partial charge on any atom is -0.391 e. The van der Waals surface area contributed by atoms with Crippen molar-refractivity contribution >= 4 is 21.9 Å². The molecule has 1 aromatic rings. The van der Waals surface area contributed by atoms with Gasteiger partial charge in [0.2, 0.25) is 0 Å². The highest BCUT2D eigenvalue weighted by atomic mass is 32.2. The highest BCUT2D eigenvalue weighted by molar-refractivity contribution is 8.02. The lowest BCUT2D eigenvalue weighted by Gasteiger charge is -1.95. The number of aryl methyl sites for hydroxylation is 1. The molecule has 8 heteroatoms. The predicted molar refractivity (Wildman–Crippen MR) is 75.5 cm³/mol. The van der Waals surface area contributed by atoms with Crippen molar-refractivity contribution in [3.63, 3.8) is 0 Å². The third kappa shape index (κ3) is 6.71. The second-order valence-corrected chi connectivity index (χ2v) is 5.65. The van der Waals surface area contributed by atoms with Gasteiger partial charge >= 0.3 is 0 Å². The van der Waals surface area contributed by atoms with E-state index in [-0.39, 0.29) is 10.6 Å². The quantitative estimate of drug-likeness (QED) is 0.552. The smallest absolute Gasteiger partial charge is 0.294 e. The van der Waals surface area contributed by atoms with Crippen molar-refractivity contribution < 1.29 is 13.0 Å². The average Bonchev–Trinajstić information content (AvgIpc) is 2.37. The molecule has 6 nitrogen and oxygen atoms in total. The van der Waals surface area contributed by atoms with E-state index in [0.717, 1.165) is 5.56 Å². The van der Waals surface area contributed by atoms with Gasteiger partial charge in [-0.2, -0.15) is 13.7 Å². The molecule has 0 amide bonds. The summed E-state index contributed by atoms with van der Waals surface area (Å²) in [5.74, 6) is 0. The molecular formula is C11H15N3O3S2. The van der Waals surface area contributed by atoms with E-state index in [2.05, 4.69) is 0 Å². The SMILES string of the molecule is CSC(N)=C(N)C#N.Cc1ccc(S(=O)(=O)O)cc1. The Bertz CT molecular complexity index is 587. The summed E-state index contributed by atoms with van der Waals surface area (Å²) in [6.07, 6.45) is 1.76. The summed E-state index contributed by atoms with van der Waals surface area (Å²) in [7, 11) is -4.02. The first-order valence-electron chi connectivity index (χ1n) is 4.95. The van der Waals surface area contributed by atoms with E-state index in [1.807, 2.05) is 6.92 Å². The van der Waals surface area contributed by atoms with Crippen LogP contribution in [0.2, 0.25) is 0 Å². The van der Waals surface area contributed by atoms with Gasteiger partial charge < -0.3 is 11.5 Å². The van der Waals surface area contributed by atoms with E-state index >= 15 is 0 Å². The summed E-state index contributed by atoms with van der Waals surface area (Å²) >= 11 is 1.27. The van der Waals surface area contributed by atoms with Crippen molar-refractivity contribution in [1.29, 1.82) is 5.26 Å². The normalized spacial score (nSPS) is 11.7. The highest BCUT2D eigenvalue weighted by Crippen LogP contribution is 2.08. The minimum atomic E-state index is -4.02. The second kappa shape index (κ2) is 7.68. The van der Waals surface area contributed by atoms with Crippen LogP contribution in [0, 0.1) is 18.3 Å². The topological polar surface area (TPSA) is 130 Å². The van der Waals surface area contributed by atoms with Crippen molar-refractivity contribution in [3.05, 3.63) is 40.6 Å². The number of nitrogens with two attached hydrogens (primary N) is 2. The van der Waals surface area contributed by atoms with Crippen molar-refractivity contribution in [2.45, 2.75) is 11.8 Å². The molecule has 0 atom stereocenters. The minimum absolute atomic E-state index is 0.0666. The lowest BCUT2D eigenvalue weighted by molar-refractivity contribution is 0.483. The van der Waals surface area contributed by atoms with Gasteiger partial charge in [-0.3, -0.25) is 4.55 Å². The fraction of sp³-hybridized carbons (Fsp3) is 0.182. The number of nitriles is 1. The fourth-order valence-corrected chi connectivity index (χ4v) is 1.62. The van der Waals surface area contributed by atoms with E-state index < -0.39 is 10.1 Å². The average molecular weight is 301 g/mol. The molecule has 0 saturated carbocycles. The number of hydrogen-bond acceptors (Lipinski definition) is 6. The molecule has 0 aromatic heterocycles. The summed E-state index contributed by atoms with van der Waals surface area (Å²) < 4.78 is 29.6. The van der Waals surface area contributed by atoms with Crippen molar-refractivity contribution in [1.82, 2.24) is 0 Å². The van der Waals surface area contributed by atoms with Gasteiger partial charge in [0.1, 0.15) is 11.8 Å². The van der Waals surface area contributed by atoms with Gasteiger partial charge in [0.15, 0.2) is 0 Å². The monoisotopic (exact) mass is 301 g/mol. The molecule has 1 rings (SSSR count). The van der Waals surface area contributed by atoms with Crippen LogP contribution < -0.4 is 11.5 Å². The van der Waals surface area contributed by atoms with Crippen LogP contribution in [0.4, 0.5) is 0 Å². The first-order chi connectivity index (χ1) is 8.72. The molecule has 0 aliphatic rings. The first kappa shape index (κ1) is 17.3. The molecule has 0 unspecified atom stereocenters. The molecule has 5 N–H and O–H groups in total. The summed E-state index contributed by atoms with van der Waals surface area (Å²) in [6, 6.07) is 7.71. The third-order valence-electron chi connectivity index (χ3n) is 1.92. The number of thioether (sulfide) groups is 1. The van der Waals surface area contributed by atoms with Crippen LogP contribution in [0.15, 0.2) is 39.9 Å². The van der Waals surface area contributed by atoms with Gasteiger partial charge in [0.05, 0.1) is 9.92 Å². The van der Waals surface area contributed by atoms with Crippen LogP contribution in [0.1, 0.15) is 5.56 Å². The standard InChI is InChI=1S/C7H8O3S.C4H7N3S/c1-6-2-4-7(5-3-6)11(8,9)10;1-8-4(7)3(6)2-5/h2-5H,1H3,(H,8,9,10);6-7H2,1H3. The van der Waals surface area contributed by atoms with Crippen LogP contribution in [0.5, 0.6) is 0 Å². The Morgan fingerprint density at radius 1 is 1.32 bits per heavy atom. The molecule has 19 heavy (non-hydrogen) atoms. The number of allylic oxidation sites excluding steroid dienone is 1. The summed E-state index contributed by atoms with van der Waals surface area (Å²) in [4.78, 5) is -0.0666. The predicted octanol–water partition coefficient (Wildman–Crippen LogP) is 1.20. The Labute approximate surface area is 116 Å². The number of rotatable bonds is 2. The summed E-state index contributed by atoms with van der Waals surface area (Å²) in [5.41, 5.74) is 11.4. The van der Waals surface area contributed by atoms with Crippen LogP contribution in [-0.2, 0) is 10.1 Å². The lowest BCUT2D eigenvalue weighted by atomic mass is 10.2. The van der Waals surface area contributed by atoms with Crippen LogP contribution in [0.3, 0.4) is 0 Å². The van der Waals surface area contributed by atoms with Crippen molar-refractivity contribution in [2.75, 3.05) is 6.26 Å². The molecule has 1 aromatic carbocycles. The Morgan fingerprint density at radius 3 is 2.05 bits per heavy atom. The van der Waals surface area contributed by atoms with Crippen LogP contribution in [0.25, 0.3) is 0 Å². The van der Waals surface area contributed by atoms with Gasteiger partial charge in [0, 0.05) is 0 Å². The van der Waals surface area contributed by atoms with Gasteiger partial charge in [-0.05, 0) is 25.3 Å². The number of nitrogens with zero attached hydrogens (tertiary/aromatic N) is 1. The maximum Gasteiger partial charge on any atom is 0.294 e. The second-order valence-electron chi connectivity index (χ2n) is 3.38. The molecule has 0 aliphatic carbocycles. The molecule has 0 saturated heterocycles. The van der Waals surface area contributed by atoms with Crippen LogP contribution >= 0.6 is 11.8 Å². The zero-order valence-corrected chi connectivity index (χ0v) is 12.1. The number of benzene rings is 1. The molecule has 0 bridgehead atoms. The molecule has 0 aliphatic heterocycles. The molecule has 0 spiro atoms. The first-order valence-corrected chi connectivity index (χ1v) is 7.62. The molecular weight excluding hydrogens is 286 g/mol. The Balaban J connectivity index is 0.000000362. The molecule has 0 heterocycles. The Hall–Kier alpha value is -1.69. The fourth-order valence-electron chi connectivity index (χ4n) is 0.875. The third-order valence-corrected chi connectivity index (χ3v) is 3.45. The highest BCUT2D eigenvalue weighted by Gasteiger charge is 2.06. The van der Waals surface area contributed by atoms with E-state index in [1.165, 1.54) is 23.9 Å². The van der Waals surface area contributed by atoms with E-state index in [0.29, 0.717) is 5.03 Å². The van der Waals surface area contributed by atoms with Gasteiger partial charge in [-0.15, -0.1) is 11.8 Å². The van der Waals surface area contributed by atoms with Gasteiger partial charge in [-0.25, -0.2) is 0 Å². The largest absolute Gasteiger partial charge is 0.391 e. The van der Waals surface area contributed by atoms with Crippen molar-refractivity contribution in [2.24, 2.45) is 11.5 Å². The Kier molecular flexibility index (Phi) is 7.00. The summed E-state index contributed by atoms with van der Waals surface area (Å²) in [6.45, 7) is 1.84. The summed E-state index contributed by atoms with van der Waals surface area (Å²) in [5, 5.41) is 8.49. The Morgan fingerprint density at radius 2 is 1.79 bits per heavy atom. The molecule has 0 fully saturated rings. The van der Waals surface area contributed by atoms with E-state index in [1.54, 1.807) is 24.5 Å². The zero-order valence-electron chi connectivity index (χ0n) is 10.5. The van der Waals surface area contributed by atoms with E-state index in [4.69, 9.17) is 21.3 Å². The number of hydrogen-bond donors (Lipinski definition) is 3. The van der Waals surface area contributed by atoms with E-state index in [9.17, 15) is 8.42 Å².